The van der Waals surface area contributed by atoms with Crippen molar-refractivity contribution in [1.29, 1.82) is 0 Å². The van der Waals surface area contributed by atoms with Crippen LogP contribution in [0.25, 0.3) is 0 Å². The molecule has 4 rings (SSSR count). The highest BCUT2D eigenvalue weighted by Crippen LogP contribution is 2.69. The molecule has 4 fully saturated rings. The van der Waals surface area contributed by atoms with Crippen LogP contribution in [0.4, 0.5) is 0 Å². The Hall–Kier alpha value is -0.200. The van der Waals surface area contributed by atoms with Crippen molar-refractivity contribution in [1.82, 2.24) is 0 Å². The summed E-state index contributed by atoms with van der Waals surface area (Å²) in [4.78, 5) is 0. The third-order valence-corrected chi connectivity index (χ3v) is 11.9. The summed E-state index contributed by atoms with van der Waals surface area (Å²) in [6.45, 7) is 13.6. The van der Waals surface area contributed by atoms with E-state index < -0.39 is 35.4 Å². The van der Waals surface area contributed by atoms with Gasteiger partial charge in [0.15, 0.2) is 0 Å². The fourth-order valence-electron chi connectivity index (χ4n) is 9.29. The van der Waals surface area contributed by atoms with E-state index in [1.807, 2.05) is 0 Å². The maximum atomic E-state index is 11.6. The fraction of sp³-hybridized carbons (Fsp3) is 1.00. The molecule has 5 nitrogen and oxygen atoms in total. The zero-order chi connectivity index (χ0) is 24.5. The first-order chi connectivity index (χ1) is 15.3. The lowest BCUT2D eigenvalue weighted by Gasteiger charge is -2.66. The minimum atomic E-state index is -1.48. The van der Waals surface area contributed by atoms with E-state index in [1.165, 1.54) is 6.42 Å². The lowest BCUT2D eigenvalue weighted by atomic mass is 9.41. The SMILES string of the molecule is CC(C)[C@@H](C)CC[C@@H](C)[C@H]1C[C@@H](O)[C@H]2[C@@H]3[C@@H](O)[C@@H](O)[C@@]4(O)C[C@@H](O)CC[C@]4(C)[C@H]3CC[C@@]21C. The molecule has 0 spiro atoms. The van der Waals surface area contributed by atoms with Gasteiger partial charge in [-0.1, -0.05) is 54.4 Å². The summed E-state index contributed by atoms with van der Waals surface area (Å²) < 4.78 is 0. The second kappa shape index (κ2) is 8.73. The fourth-order valence-corrected chi connectivity index (χ4v) is 9.29. The smallest absolute Gasteiger partial charge is 0.109 e. The van der Waals surface area contributed by atoms with Gasteiger partial charge >= 0.3 is 0 Å². The van der Waals surface area contributed by atoms with Crippen LogP contribution in [0.5, 0.6) is 0 Å². The molecule has 0 unspecified atom stereocenters. The molecule has 0 amide bonds. The molecule has 192 valence electrons. The van der Waals surface area contributed by atoms with Crippen molar-refractivity contribution in [2.75, 3.05) is 0 Å². The topological polar surface area (TPSA) is 101 Å². The van der Waals surface area contributed by atoms with Gasteiger partial charge < -0.3 is 25.5 Å². The highest BCUT2D eigenvalue weighted by Gasteiger charge is 2.71. The Kier molecular flexibility index (Phi) is 6.84. The van der Waals surface area contributed by atoms with E-state index in [-0.39, 0.29) is 29.6 Å². The third kappa shape index (κ3) is 3.75. The molecular formula is C28H50O5. The van der Waals surface area contributed by atoms with Gasteiger partial charge in [0.05, 0.1) is 18.3 Å². The summed E-state index contributed by atoms with van der Waals surface area (Å²) in [6, 6.07) is 0. The van der Waals surface area contributed by atoms with Gasteiger partial charge in [-0.25, -0.2) is 0 Å². The Balaban J connectivity index is 1.61. The van der Waals surface area contributed by atoms with Crippen molar-refractivity contribution in [3.8, 4) is 0 Å². The molecule has 0 saturated heterocycles. The molecule has 0 bridgehead atoms. The van der Waals surface area contributed by atoms with Crippen molar-refractivity contribution in [3.05, 3.63) is 0 Å². The molecule has 0 aliphatic heterocycles. The molecule has 0 aromatic carbocycles. The largest absolute Gasteiger partial charge is 0.393 e. The first kappa shape index (κ1) is 25.9. The van der Waals surface area contributed by atoms with Gasteiger partial charge in [-0.3, -0.25) is 0 Å². The first-order valence-corrected chi connectivity index (χ1v) is 13.7. The number of fused-ring (bicyclic) bond motifs is 5. The van der Waals surface area contributed by atoms with Gasteiger partial charge in [0.25, 0.3) is 0 Å². The van der Waals surface area contributed by atoms with Crippen molar-refractivity contribution in [2.45, 2.75) is 123 Å². The van der Waals surface area contributed by atoms with Gasteiger partial charge in [-0.05, 0) is 78.9 Å². The Labute approximate surface area is 201 Å². The van der Waals surface area contributed by atoms with Crippen LogP contribution < -0.4 is 0 Å². The average molecular weight is 467 g/mol. The van der Waals surface area contributed by atoms with Crippen LogP contribution in [0, 0.1) is 52.3 Å². The molecule has 5 heteroatoms. The van der Waals surface area contributed by atoms with Crippen LogP contribution >= 0.6 is 0 Å². The van der Waals surface area contributed by atoms with Gasteiger partial charge in [-0.2, -0.15) is 0 Å². The van der Waals surface area contributed by atoms with Crippen LogP contribution in [-0.4, -0.2) is 55.5 Å². The lowest BCUT2D eigenvalue weighted by molar-refractivity contribution is -0.301. The highest BCUT2D eigenvalue weighted by atomic mass is 16.4. The monoisotopic (exact) mass is 466 g/mol. The third-order valence-electron chi connectivity index (χ3n) is 11.9. The molecule has 5 N–H and O–H groups in total. The van der Waals surface area contributed by atoms with Gasteiger partial charge in [0.1, 0.15) is 11.7 Å². The van der Waals surface area contributed by atoms with E-state index in [9.17, 15) is 25.5 Å². The number of aliphatic hydroxyl groups excluding tert-OH is 4. The summed E-state index contributed by atoms with van der Waals surface area (Å²) in [5.41, 5.74) is -2.11. The highest BCUT2D eigenvalue weighted by molar-refractivity contribution is 5.20. The minimum absolute atomic E-state index is 0.0381. The second-order valence-electron chi connectivity index (χ2n) is 13.6. The van der Waals surface area contributed by atoms with Crippen molar-refractivity contribution in [3.63, 3.8) is 0 Å². The van der Waals surface area contributed by atoms with Gasteiger partial charge in [0, 0.05) is 11.8 Å². The van der Waals surface area contributed by atoms with E-state index in [2.05, 4.69) is 41.5 Å². The molecule has 0 heterocycles. The van der Waals surface area contributed by atoms with E-state index in [0.717, 1.165) is 25.7 Å². The van der Waals surface area contributed by atoms with Crippen LogP contribution in [0.15, 0.2) is 0 Å². The standard InChI is InChI=1S/C28H50O5/c1-15(2)16(3)7-8-17(4)20-13-21(30)23-22-19(10-11-26(20,23)5)27(6)12-9-18(29)14-28(27,33)25(32)24(22)31/h15-25,29-33H,7-14H2,1-6H3/t16-,17+,18-,19-,20+,21+,22+,23-,24+,25+,26+,27+,28-/m0/s1. The van der Waals surface area contributed by atoms with E-state index in [4.69, 9.17) is 0 Å². The molecule has 4 aliphatic carbocycles. The molecule has 4 aliphatic rings. The second-order valence-corrected chi connectivity index (χ2v) is 13.6. The average Bonchev–Trinajstić information content (AvgIpc) is 3.02. The molecule has 0 aromatic heterocycles. The summed E-state index contributed by atoms with van der Waals surface area (Å²) >= 11 is 0. The molecule has 13 atom stereocenters. The van der Waals surface area contributed by atoms with Gasteiger partial charge in [0.2, 0.25) is 0 Å². The van der Waals surface area contributed by atoms with Crippen LogP contribution in [-0.2, 0) is 0 Å². The zero-order valence-electron chi connectivity index (χ0n) is 21.7. The van der Waals surface area contributed by atoms with E-state index in [1.54, 1.807) is 0 Å². The quantitative estimate of drug-likeness (QED) is 0.425. The predicted molar refractivity (Wildman–Crippen MR) is 129 cm³/mol. The first-order valence-electron chi connectivity index (χ1n) is 13.7. The Bertz CT molecular complexity index is 712. The summed E-state index contributed by atoms with van der Waals surface area (Å²) in [6.07, 6.45) is 2.88. The van der Waals surface area contributed by atoms with Crippen LogP contribution in [0.1, 0.15) is 92.9 Å². The number of rotatable bonds is 5. The molecular weight excluding hydrogens is 416 g/mol. The summed E-state index contributed by atoms with van der Waals surface area (Å²) in [5.74, 6) is 2.03. The molecule has 4 saturated carbocycles. The van der Waals surface area contributed by atoms with Crippen LogP contribution in [0.2, 0.25) is 0 Å². The Morgan fingerprint density at radius 1 is 0.909 bits per heavy atom. The predicted octanol–water partition coefficient (Wildman–Crippen LogP) is 3.74. The molecule has 0 aromatic rings. The Morgan fingerprint density at radius 3 is 2.21 bits per heavy atom. The number of hydrogen-bond donors (Lipinski definition) is 5. The van der Waals surface area contributed by atoms with Crippen molar-refractivity contribution >= 4 is 0 Å². The zero-order valence-corrected chi connectivity index (χ0v) is 21.7. The summed E-state index contributed by atoms with van der Waals surface area (Å²) in [5, 5.41) is 56.0. The maximum Gasteiger partial charge on any atom is 0.109 e. The van der Waals surface area contributed by atoms with Crippen molar-refractivity contribution < 1.29 is 25.5 Å². The summed E-state index contributed by atoms with van der Waals surface area (Å²) in [7, 11) is 0. The molecule has 33 heavy (non-hydrogen) atoms. The normalized spacial score (nSPS) is 53.8. The van der Waals surface area contributed by atoms with Crippen LogP contribution in [0.3, 0.4) is 0 Å². The lowest BCUT2D eigenvalue weighted by Crippen LogP contribution is -2.73. The molecule has 0 radical (unpaired) electrons. The maximum absolute atomic E-state index is 11.6. The Morgan fingerprint density at radius 2 is 1.58 bits per heavy atom. The van der Waals surface area contributed by atoms with E-state index in [0.29, 0.717) is 36.5 Å². The van der Waals surface area contributed by atoms with E-state index >= 15 is 0 Å². The number of aliphatic hydroxyl groups is 5. The number of hydrogen-bond acceptors (Lipinski definition) is 5. The minimum Gasteiger partial charge on any atom is -0.393 e. The van der Waals surface area contributed by atoms with Gasteiger partial charge in [-0.15, -0.1) is 0 Å². The van der Waals surface area contributed by atoms with Crippen molar-refractivity contribution in [2.24, 2.45) is 52.3 Å².